The van der Waals surface area contributed by atoms with E-state index < -0.39 is 0 Å². The highest BCUT2D eigenvalue weighted by molar-refractivity contribution is 5.77. The van der Waals surface area contributed by atoms with Crippen molar-refractivity contribution in [2.45, 2.75) is 25.8 Å². The van der Waals surface area contributed by atoms with E-state index in [1.165, 1.54) is 7.11 Å². The second kappa shape index (κ2) is 7.39. The van der Waals surface area contributed by atoms with Crippen molar-refractivity contribution >= 4 is 5.91 Å². The lowest BCUT2D eigenvalue weighted by Gasteiger charge is -2.24. The molecule has 0 fully saturated rings. The van der Waals surface area contributed by atoms with Gasteiger partial charge < -0.3 is 18.9 Å². The number of pyridine rings is 1. The molecule has 6 nitrogen and oxygen atoms in total. The van der Waals surface area contributed by atoms with Gasteiger partial charge in [-0.3, -0.25) is 9.78 Å². The molecule has 6 heteroatoms. The van der Waals surface area contributed by atoms with Gasteiger partial charge in [-0.15, -0.1) is 0 Å². The molecule has 0 unspecified atom stereocenters. The average molecular weight is 315 g/mol. The van der Waals surface area contributed by atoms with Gasteiger partial charge in [0.2, 0.25) is 5.91 Å². The van der Waals surface area contributed by atoms with Crippen LogP contribution in [-0.4, -0.2) is 46.7 Å². The molecule has 0 radical (unpaired) electrons. The molecule has 23 heavy (non-hydrogen) atoms. The summed E-state index contributed by atoms with van der Waals surface area (Å²) in [7, 11) is 1.54. The van der Waals surface area contributed by atoms with Crippen LogP contribution >= 0.6 is 0 Å². The lowest BCUT2D eigenvalue weighted by Crippen LogP contribution is -2.39. The first-order chi connectivity index (χ1) is 11.3. The van der Waals surface area contributed by atoms with Crippen molar-refractivity contribution in [2.24, 2.45) is 0 Å². The molecule has 1 aliphatic heterocycles. The van der Waals surface area contributed by atoms with Gasteiger partial charge in [-0.05, 0) is 23.8 Å². The molecule has 0 saturated heterocycles. The number of carbonyl (C=O) groups is 1. The first-order valence-electron chi connectivity index (χ1n) is 7.67. The van der Waals surface area contributed by atoms with E-state index in [9.17, 15) is 4.79 Å². The number of ether oxygens (including phenoxy) is 2. The number of fused-ring (bicyclic) bond motifs is 1. The fraction of sp³-hybridized carbons (Fsp3) is 0.412. The molecule has 2 aromatic rings. The number of rotatable bonds is 5. The Labute approximate surface area is 135 Å². The summed E-state index contributed by atoms with van der Waals surface area (Å²) in [5, 5.41) is 0. The summed E-state index contributed by atoms with van der Waals surface area (Å²) >= 11 is 0. The number of nitrogens with zero attached hydrogens (tertiary/aromatic N) is 3. The maximum absolute atomic E-state index is 12.2. The number of hydrogen-bond donors (Lipinski definition) is 0. The Kier molecular flexibility index (Phi) is 5.05. The molecule has 1 aliphatic rings. The first kappa shape index (κ1) is 15.7. The van der Waals surface area contributed by atoms with Crippen molar-refractivity contribution in [1.82, 2.24) is 14.5 Å². The van der Waals surface area contributed by atoms with Gasteiger partial charge in [0.05, 0.1) is 25.8 Å². The number of amides is 1. The second-order valence-corrected chi connectivity index (χ2v) is 5.65. The Hall–Kier alpha value is -2.18. The minimum Gasteiger partial charge on any atom is -0.375 e. The summed E-state index contributed by atoms with van der Waals surface area (Å²) < 4.78 is 13.2. The second-order valence-electron chi connectivity index (χ2n) is 5.65. The predicted octanol–water partition coefficient (Wildman–Crippen LogP) is 1.46. The van der Waals surface area contributed by atoms with Gasteiger partial charge >= 0.3 is 0 Å². The van der Waals surface area contributed by atoms with Crippen LogP contribution in [0.15, 0.2) is 42.9 Å². The zero-order valence-corrected chi connectivity index (χ0v) is 13.2. The van der Waals surface area contributed by atoms with Gasteiger partial charge in [0.25, 0.3) is 0 Å². The van der Waals surface area contributed by atoms with Crippen molar-refractivity contribution in [1.29, 1.82) is 0 Å². The highest BCUT2D eigenvalue weighted by atomic mass is 16.5. The van der Waals surface area contributed by atoms with Crippen LogP contribution in [0.3, 0.4) is 0 Å². The predicted molar refractivity (Wildman–Crippen MR) is 84.5 cm³/mol. The smallest absolute Gasteiger partial charge is 0.248 e. The molecule has 0 N–H and O–H groups in total. The van der Waals surface area contributed by atoms with Gasteiger partial charge in [-0.2, -0.15) is 0 Å². The van der Waals surface area contributed by atoms with Crippen LogP contribution in [-0.2, 0) is 34.0 Å². The van der Waals surface area contributed by atoms with Gasteiger partial charge in [0.15, 0.2) is 0 Å². The molecule has 0 aliphatic carbocycles. The summed E-state index contributed by atoms with van der Waals surface area (Å²) in [4.78, 5) is 18.1. The number of carbonyl (C=O) groups excluding carboxylic acids is 1. The van der Waals surface area contributed by atoms with Crippen LogP contribution in [0.25, 0.3) is 0 Å². The number of aromatic nitrogens is 2. The van der Waals surface area contributed by atoms with E-state index in [4.69, 9.17) is 9.47 Å². The maximum atomic E-state index is 12.2. The lowest BCUT2D eigenvalue weighted by molar-refractivity contribution is -0.137. The lowest BCUT2D eigenvalue weighted by atomic mass is 10.3. The Morgan fingerprint density at radius 2 is 2.26 bits per heavy atom. The van der Waals surface area contributed by atoms with Crippen molar-refractivity contribution in [2.75, 3.05) is 20.3 Å². The van der Waals surface area contributed by atoms with Crippen molar-refractivity contribution < 1.29 is 14.3 Å². The molecule has 0 saturated carbocycles. The minimum atomic E-state index is -0.0651. The Morgan fingerprint density at radius 1 is 1.35 bits per heavy atom. The molecule has 122 valence electrons. The van der Waals surface area contributed by atoms with Crippen LogP contribution in [0.4, 0.5) is 0 Å². The summed E-state index contributed by atoms with van der Waals surface area (Å²) in [6, 6.07) is 7.91. The molecular weight excluding hydrogens is 294 g/mol. The van der Waals surface area contributed by atoms with Crippen molar-refractivity contribution in [3.05, 3.63) is 54.1 Å². The van der Waals surface area contributed by atoms with Crippen LogP contribution < -0.4 is 0 Å². The summed E-state index contributed by atoms with van der Waals surface area (Å²) in [6.45, 7) is 2.46. The van der Waals surface area contributed by atoms with E-state index in [2.05, 4.69) is 9.55 Å². The zero-order valence-electron chi connectivity index (χ0n) is 13.2. The van der Waals surface area contributed by atoms with E-state index in [0.717, 1.165) is 17.8 Å². The fourth-order valence-electron chi connectivity index (χ4n) is 2.76. The molecule has 1 amide bonds. The Morgan fingerprint density at radius 3 is 3.04 bits per heavy atom. The van der Waals surface area contributed by atoms with E-state index in [-0.39, 0.29) is 18.6 Å². The largest absolute Gasteiger partial charge is 0.375 e. The highest BCUT2D eigenvalue weighted by Gasteiger charge is 2.25. The molecule has 0 aromatic carbocycles. The van der Waals surface area contributed by atoms with Crippen molar-refractivity contribution in [3.8, 4) is 0 Å². The molecular formula is C17H21N3O3. The van der Waals surface area contributed by atoms with Crippen LogP contribution in [0.1, 0.15) is 11.3 Å². The van der Waals surface area contributed by atoms with Gasteiger partial charge in [-0.1, -0.05) is 6.07 Å². The number of methoxy groups -OCH3 is 1. The fourth-order valence-corrected chi connectivity index (χ4v) is 2.76. The SMILES string of the molecule is COCC(=O)N1Cc2cccn2C[C@@H](OCc2cccnc2)C1. The van der Waals surface area contributed by atoms with Gasteiger partial charge in [0.1, 0.15) is 6.61 Å². The maximum Gasteiger partial charge on any atom is 0.248 e. The van der Waals surface area contributed by atoms with Crippen LogP contribution in [0, 0.1) is 0 Å². The third-order valence-electron chi connectivity index (χ3n) is 3.93. The van der Waals surface area contributed by atoms with E-state index in [1.54, 1.807) is 17.3 Å². The van der Waals surface area contributed by atoms with E-state index in [0.29, 0.717) is 19.7 Å². The molecule has 3 rings (SSSR count). The quantitative estimate of drug-likeness (QED) is 0.838. The van der Waals surface area contributed by atoms with E-state index in [1.807, 2.05) is 30.5 Å². The van der Waals surface area contributed by atoms with Gasteiger partial charge in [-0.25, -0.2) is 0 Å². The standard InChI is InChI=1S/C17H21N3O3/c1-22-13-17(21)20-9-15-5-3-7-19(15)10-16(11-20)23-12-14-4-2-6-18-8-14/h2-8,16H,9-13H2,1H3/t16-/m1/s1. The van der Waals surface area contributed by atoms with Gasteiger partial charge in [0, 0.05) is 37.9 Å². The molecule has 0 bridgehead atoms. The van der Waals surface area contributed by atoms with Crippen LogP contribution in [0.5, 0.6) is 0 Å². The topological polar surface area (TPSA) is 56.6 Å². The first-order valence-corrected chi connectivity index (χ1v) is 7.67. The van der Waals surface area contributed by atoms with Crippen molar-refractivity contribution in [3.63, 3.8) is 0 Å². The summed E-state index contributed by atoms with van der Waals surface area (Å²) in [5.74, 6) is -0.0165. The summed E-state index contributed by atoms with van der Waals surface area (Å²) in [5.41, 5.74) is 2.14. The number of hydrogen-bond acceptors (Lipinski definition) is 4. The average Bonchev–Trinajstić information content (AvgIpc) is 2.92. The molecule has 0 spiro atoms. The summed E-state index contributed by atoms with van der Waals surface area (Å²) in [6.07, 6.45) is 5.50. The Balaban J connectivity index is 1.70. The molecule has 1 atom stereocenters. The normalized spacial score (nSPS) is 17.6. The Bertz CT molecular complexity index is 642. The molecule has 2 aromatic heterocycles. The zero-order chi connectivity index (χ0) is 16.1. The third-order valence-corrected chi connectivity index (χ3v) is 3.93. The molecule has 3 heterocycles. The third kappa shape index (κ3) is 3.97. The minimum absolute atomic E-state index is 0.0165. The van der Waals surface area contributed by atoms with E-state index >= 15 is 0 Å². The highest BCUT2D eigenvalue weighted by Crippen LogP contribution is 2.16. The monoisotopic (exact) mass is 315 g/mol. The van der Waals surface area contributed by atoms with Crippen LogP contribution in [0.2, 0.25) is 0 Å².